The summed E-state index contributed by atoms with van der Waals surface area (Å²) in [4.78, 5) is 15.0. The fraction of sp³-hybridized carbons (Fsp3) is 0.650. The Morgan fingerprint density at radius 2 is 1.81 bits per heavy atom. The van der Waals surface area contributed by atoms with Crippen LogP contribution in [0.4, 0.5) is 0 Å². The first-order chi connectivity index (χ1) is 12.8. The SMILES string of the molecule is CCNCC1CCN(C(=O)c2ccc(C)c(S(=O)(=O)N(CC)CC)c2)CC1. The van der Waals surface area contributed by atoms with Gasteiger partial charge < -0.3 is 10.2 Å². The van der Waals surface area contributed by atoms with Crippen LogP contribution in [0.5, 0.6) is 0 Å². The van der Waals surface area contributed by atoms with Crippen LogP contribution >= 0.6 is 0 Å². The van der Waals surface area contributed by atoms with Crippen LogP contribution in [-0.4, -0.2) is 62.8 Å². The summed E-state index contributed by atoms with van der Waals surface area (Å²) in [5.74, 6) is 0.526. The molecule has 0 aromatic heterocycles. The summed E-state index contributed by atoms with van der Waals surface area (Å²) in [6.45, 7) is 11.7. The van der Waals surface area contributed by atoms with Crippen molar-refractivity contribution in [2.24, 2.45) is 5.92 Å². The van der Waals surface area contributed by atoms with E-state index in [9.17, 15) is 13.2 Å². The lowest BCUT2D eigenvalue weighted by Crippen LogP contribution is -2.40. The molecule has 2 rings (SSSR count). The van der Waals surface area contributed by atoms with Crippen molar-refractivity contribution in [1.29, 1.82) is 0 Å². The van der Waals surface area contributed by atoms with E-state index < -0.39 is 10.0 Å². The van der Waals surface area contributed by atoms with E-state index in [2.05, 4.69) is 12.2 Å². The number of carbonyl (C=O) groups is 1. The quantitative estimate of drug-likeness (QED) is 0.734. The zero-order valence-corrected chi connectivity index (χ0v) is 17.8. The Morgan fingerprint density at radius 3 is 2.37 bits per heavy atom. The zero-order valence-electron chi connectivity index (χ0n) is 17.0. The summed E-state index contributed by atoms with van der Waals surface area (Å²) in [6.07, 6.45) is 1.96. The molecule has 27 heavy (non-hydrogen) atoms. The average Bonchev–Trinajstić information content (AvgIpc) is 2.67. The molecule has 1 amide bonds. The van der Waals surface area contributed by atoms with E-state index in [0.29, 0.717) is 30.1 Å². The standard InChI is InChI=1S/C20H33N3O3S/c1-5-21-15-17-10-12-22(13-11-17)20(24)18-9-8-16(4)19(14-18)27(25,26)23(6-2)7-3/h8-9,14,17,21H,5-7,10-13,15H2,1-4H3. The predicted octanol–water partition coefficient (Wildman–Crippen LogP) is 2.49. The Morgan fingerprint density at radius 1 is 1.19 bits per heavy atom. The average molecular weight is 396 g/mol. The number of hydrogen-bond acceptors (Lipinski definition) is 4. The third-order valence-corrected chi connectivity index (χ3v) is 7.53. The number of amides is 1. The van der Waals surface area contributed by atoms with Gasteiger partial charge in [-0.15, -0.1) is 0 Å². The Kier molecular flexibility index (Phi) is 7.82. The van der Waals surface area contributed by atoms with Crippen LogP contribution in [0.2, 0.25) is 0 Å². The molecular weight excluding hydrogens is 362 g/mol. The lowest BCUT2D eigenvalue weighted by Gasteiger charge is -2.32. The number of piperidine rings is 1. The molecule has 1 N–H and O–H groups in total. The number of nitrogens with zero attached hydrogens (tertiary/aromatic N) is 2. The van der Waals surface area contributed by atoms with Crippen LogP contribution in [0.1, 0.15) is 49.5 Å². The number of nitrogens with one attached hydrogen (secondary N) is 1. The molecule has 0 saturated carbocycles. The maximum absolute atomic E-state index is 12.9. The fourth-order valence-corrected chi connectivity index (χ4v) is 5.29. The fourth-order valence-electron chi connectivity index (χ4n) is 3.58. The summed E-state index contributed by atoms with van der Waals surface area (Å²) >= 11 is 0. The Balaban J connectivity index is 2.17. The van der Waals surface area contributed by atoms with Crippen molar-refractivity contribution >= 4 is 15.9 Å². The van der Waals surface area contributed by atoms with Gasteiger partial charge in [0.25, 0.3) is 5.91 Å². The highest BCUT2D eigenvalue weighted by Gasteiger charge is 2.27. The van der Waals surface area contributed by atoms with E-state index >= 15 is 0 Å². The molecule has 1 aromatic rings. The molecule has 0 aliphatic carbocycles. The minimum Gasteiger partial charge on any atom is -0.339 e. The molecular formula is C20H33N3O3S. The van der Waals surface area contributed by atoms with Crippen molar-refractivity contribution in [1.82, 2.24) is 14.5 Å². The molecule has 1 aromatic carbocycles. The highest BCUT2D eigenvalue weighted by atomic mass is 32.2. The summed E-state index contributed by atoms with van der Waals surface area (Å²) in [7, 11) is -3.58. The van der Waals surface area contributed by atoms with Gasteiger partial charge in [-0.3, -0.25) is 4.79 Å². The smallest absolute Gasteiger partial charge is 0.253 e. The molecule has 0 unspecified atom stereocenters. The van der Waals surface area contributed by atoms with E-state index in [0.717, 1.165) is 39.0 Å². The molecule has 1 saturated heterocycles. The van der Waals surface area contributed by atoms with Gasteiger partial charge in [0.05, 0.1) is 4.90 Å². The molecule has 0 spiro atoms. The second-order valence-electron chi connectivity index (χ2n) is 7.11. The summed E-state index contributed by atoms with van der Waals surface area (Å²) < 4.78 is 27.2. The number of sulfonamides is 1. The van der Waals surface area contributed by atoms with Gasteiger partial charge in [0.1, 0.15) is 0 Å². The normalized spacial score (nSPS) is 16.1. The van der Waals surface area contributed by atoms with Gasteiger partial charge in [-0.1, -0.05) is 26.8 Å². The van der Waals surface area contributed by atoms with Crippen molar-refractivity contribution in [3.63, 3.8) is 0 Å². The largest absolute Gasteiger partial charge is 0.339 e. The van der Waals surface area contributed by atoms with Crippen LogP contribution < -0.4 is 5.32 Å². The van der Waals surface area contributed by atoms with Gasteiger partial charge in [0.2, 0.25) is 10.0 Å². The number of aryl methyl sites for hydroxylation is 1. The highest BCUT2D eigenvalue weighted by Crippen LogP contribution is 2.24. The molecule has 6 nitrogen and oxygen atoms in total. The molecule has 1 aliphatic heterocycles. The Hall–Kier alpha value is -1.44. The maximum atomic E-state index is 12.9. The molecule has 7 heteroatoms. The van der Waals surface area contributed by atoms with E-state index in [1.165, 1.54) is 4.31 Å². The van der Waals surface area contributed by atoms with Gasteiger partial charge in [-0.05, 0) is 56.5 Å². The molecule has 0 atom stereocenters. The van der Waals surface area contributed by atoms with Gasteiger partial charge in [0, 0.05) is 31.7 Å². The van der Waals surface area contributed by atoms with Crippen LogP contribution in [0.25, 0.3) is 0 Å². The van der Waals surface area contributed by atoms with Crippen LogP contribution in [0.15, 0.2) is 23.1 Å². The second kappa shape index (κ2) is 9.66. The summed E-state index contributed by atoms with van der Waals surface area (Å²) in [5, 5.41) is 3.37. The maximum Gasteiger partial charge on any atom is 0.253 e. The van der Waals surface area contributed by atoms with E-state index in [1.54, 1.807) is 25.1 Å². The Bertz CT molecular complexity index is 737. The second-order valence-corrected chi connectivity index (χ2v) is 9.02. The predicted molar refractivity (Wildman–Crippen MR) is 108 cm³/mol. The van der Waals surface area contributed by atoms with E-state index in [4.69, 9.17) is 0 Å². The van der Waals surface area contributed by atoms with Crippen LogP contribution in [0, 0.1) is 12.8 Å². The summed E-state index contributed by atoms with van der Waals surface area (Å²) in [5.41, 5.74) is 1.12. The van der Waals surface area contributed by atoms with Gasteiger partial charge in [-0.2, -0.15) is 4.31 Å². The summed E-state index contributed by atoms with van der Waals surface area (Å²) in [6, 6.07) is 5.03. The first-order valence-corrected chi connectivity index (χ1v) is 11.4. The van der Waals surface area contributed by atoms with Crippen molar-refractivity contribution in [3.05, 3.63) is 29.3 Å². The van der Waals surface area contributed by atoms with Gasteiger partial charge >= 0.3 is 0 Å². The minimum absolute atomic E-state index is 0.0760. The number of benzene rings is 1. The van der Waals surface area contributed by atoms with Crippen molar-refractivity contribution < 1.29 is 13.2 Å². The van der Waals surface area contributed by atoms with Crippen molar-refractivity contribution in [2.45, 2.75) is 45.4 Å². The molecule has 1 heterocycles. The first kappa shape index (κ1) is 21.9. The molecule has 0 radical (unpaired) electrons. The Labute approximate surface area is 164 Å². The third kappa shape index (κ3) is 5.09. The highest BCUT2D eigenvalue weighted by molar-refractivity contribution is 7.89. The molecule has 1 fully saturated rings. The first-order valence-electron chi connectivity index (χ1n) is 9.95. The van der Waals surface area contributed by atoms with Gasteiger partial charge in [-0.25, -0.2) is 8.42 Å². The topological polar surface area (TPSA) is 69.7 Å². The number of hydrogen-bond donors (Lipinski definition) is 1. The van der Waals surface area contributed by atoms with E-state index in [-0.39, 0.29) is 10.8 Å². The number of carbonyl (C=O) groups excluding carboxylic acids is 1. The monoisotopic (exact) mass is 395 g/mol. The zero-order chi connectivity index (χ0) is 20.0. The molecule has 152 valence electrons. The minimum atomic E-state index is -3.58. The van der Waals surface area contributed by atoms with Crippen molar-refractivity contribution in [2.75, 3.05) is 39.3 Å². The van der Waals surface area contributed by atoms with Crippen LogP contribution in [0.3, 0.4) is 0 Å². The number of likely N-dealkylation sites (tertiary alicyclic amines) is 1. The number of rotatable bonds is 8. The van der Waals surface area contributed by atoms with Gasteiger partial charge in [0.15, 0.2) is 0 Å². The molecule has 0 bridgehead atoms. The lowest BCUT2D eigenvalue weighted by molar-refractivity contribution is 0.0690. The third-order valence-electron chi connectivity index (χ3n) is 5.34. The molecule has 1 aliphatic rings. The van der Waals surface area contributed by atoms with Crippen LogP contribution in [-0.2, 0) is 10.0 Å². The van der Waals surface area contributed by atoms with Crippen molar-refractivity contribution in [3.8, 4) is 0 Å². The lowest BCUT2D eigenvalue weighted by atomic mass is 9.96. The van der Waals surface area contributed by atoms with E-state index in [1.807, 2.05) is 18.7 Å².